The lowest BCUT2D eigenvalue weighted by atomic mass is 10.2. The molecule has 1 aromatic rings. The van der Waals surface area contributed by atoms with E-state index in [0.29, 0.717) is 18.3 Å². The molecule has 1 aliphatic rings. The quantitative estimate of drug-likeness (QED) is 0.709. The molecule has 1 saturated heterocycles. The topological polar surface area (TPSA) is 55.2 Å². The van der Waals surface area contributed by atoms with E-state index in [1.165, 1.54) is 4.90 Å². The molecule has 6 heteroatoms. The van der Waals surface area contributed by atoms with E-state index in [2.05, 4.69) is 26.3 Å². The maximum absolute atomic E-state index is 12.1. The molecule has 0 aromatic heterocycles. The molecule has 1 fully saturated rings. The number of carbonyl (C=O) groups is 1. The second-order valence-corrected chi connectivity index (χ2v) is 6.87. The monoisotopic (exact) mass is 348 g/mol. The lowest BCUT2D eigenvalue weighted by Gasteiger charge is -2.29. The highest BCUT2D eigenvalue weighted by molar-refractivity contribution is 5.91. The Morgan fingerprint density at radius 3 is 2.68 bits per heavy atom. The largest absolute Gasteiger partial charge is 0.493 e. The summed E-state index contributed by atoms with van der Waals surface area (Å²) in [7, 11) is 3.79. The van der Waals surface area contributed by atoms with Gasteiger partial charge in [-0.15, -0.1) is 0 Å². The van der Waals surface area contributed by atoms with Crippen molar-refractivity contribution in [1.29, 1.82) is 0 Å². The van der Waals surface area contributed by atoms with Crippen LogP contribution in [-0.2, 0) is 4.79 Å². The van der Waals surface area contributed by atoms with Gasteiger partial charge in [0.1, 0.15) is 0 Å². The first kappa shape index (κ1) is 19.3. The van der Waals surface area contributed by atoms with Gasteiger partial charge in [0.05, 0.1) is 46.9 Å². The number of ether oxygens (including phenoxy) is 2. The van der Waals surface area contributed by atoms with Crippen molar-refractivity contribution in [2.75, 3.05) is 46.9 Å². The lowest BCUT2D eigenvalue weighted by molar-refractivity contribution is -0.884. The molecule has 1 amide bonds. The van der Waals surface area contributed by atoms with E-state index in [4.69, 9.17) is 9.47 Å². The summed E-state index contributed by atoms with van der Waals surface area (Å²) < 4.78 is 11.1. The minimum atomic E-state index is -0.112. The number of likely N-dealkylation sites (N-methyl/N-ethyl adjacent to an activating group) is 1. The summed E-state index contributed by atoms with van der Waals surface area (Å²) in [5.74, 6) is 1.73. The SMILES string of the molecule is COc1cc(/C=C/C(=O)NN2CC[NH+](C)CC2)ccc1OCC(C)C. The third kappa shape index (κ3) is 6.40. The van der Waals surface area contributed by atoms with Gasteiger partial charge in [-0.2, -0.15) is 0 Å². The Bertz CT molecular complexity index is 594. The summed E-state index contributed by atoms with van der Waals surface area (Å²) >= 11 is 0. The van der Waals surface area contributed by atoms with Crippen LogP contribution in [0.5, 0.6) is 11.5 Å². The third-order valence-corrected chi connectivity index (χ3v) is 4.07. The molecule has 0 spiro atoms. The Labute approximate surface area is 150 Å². The second kappa shape index (κ2) is 9.44. The first-order valence-corrected chi connectivity index (χ1v) is 8.83. The second-order valence-electron chi connectivity index (χ2n) is 6.87. The van der Waals surface area contributed by atoms with Crippen LogP contribution < -0.4 is 19.8 Å². The molecule has 25 heavy (non-hydrogen) atoms. The van der Waals surface area contributed by atoms with E-state index in [0.717, 1.165) is 37.5 Å². The minimum absolute atomic E-state index is 0.112. The number of quaternary nitrogens is 1. The number of nitrogens with zero attached hydrogens (tertiary/aromatic N) is 1. The highest BCUT2D eigenvalue weighted by atomic mass is 16.5. The lowest BCUT2D eigenvalue weighted by Crippen LogP contribution is -3.12. The number of piperazine rings is 1. The van der Waals surface area contributed by atoms with Crippen LogP contribution in [0.1, 0.15) is 19.4 Å². The van der Waals surface area contributed by atoms with E-state index >= 15 is 0 Å². The molecule has 6 nitrogen and oxygen atoms in total. The van der Waals surface area contributed by atoms with Crippen LogP contribution in [0.2, 0.25) is 0 Å². The first-order valence-electron chi connectivity index (χ1n) is 8.83. The zero-order valence-electron chi connectivity index (χ0n) is 15.7. The number of hydrazine groups is 1. The number of hydrogen-bond donors (Lipinski definition) is 2. The van der Waals surface area contributed by atoms with Crippen molar-refractivity contribution in [3.05, 3.63) is 29.8 Å². The molecule has 138 valence electrons. The Morgan fingerprint density at radius 1 is 1.32 bits per heavy atom. The highest BCUT2D eigenvalue weighted by Gasteiger charge is 2.17. The van der Waals surface area contributed by atoms with Gasteiger partial charge < -0.3 is 14.4 Å². The molecule has 0 aliphatic carbocycles. The van der Waals surface area contributed by atoms with Crippen LogP contribution >= 0.6 is 0 Å². The number of methoxy groups -OCH3 is 1. The average Bonchev–Trinajstić information content (AvgIpc) is 2.60. The summed E-state index contributed by atoms with van der Waals surface area (Å²) in [6, 6.07) is 5.67. The van der Waals surface area contributed by atoms with Crippen LogP contribution in [0.25, 0.3) is 6.08 Å². The number of rotatable bonds is 7. The smallest absolute Gasteiger partial charge is 0.258 e. The average molecular weight is 348 g/mol. The third-order valence-electron chi connectivity index (χ3n) is 4.07. The van der Waals surface area contributed by atoms with Crippen molar-refractivity contribution in [3.63, 3.8) is 0 Å². The number of benzene rings is 1. The van der Waals surface area contributed by atoms with Crippen molar-refractivity contribution < 1.29 is 19.2 Å². The van der Waals surface area contributed by atoms with Gasteiger partial charge in [0.25, 0.3) is 5.91 Å². The molecular weight excluding hydrogens is 318 g/mol. The van der Waals surface area contributed by atoms with E-state index in [-0.39, 0.29) is 5.91 Å². The summed E-state index contributed by atoms with van der Waals surface area (Å²) in [4.78, 5) is 13.6. The van der Waals surface area contributed by atoms with Crippen molar-refractivity contribution >= 4 is 12.0 Å². The van der Waals surface area contributed by atoms with Crippen molar-refractivity contribution in [1.82, 2.24) is 10.4 Å². The maximum atomic E-state index is 12.1. The molecule has 0 saturated carbocycles. The van der Waals surface area contributed by atoms with Crippen LogP contribution in [0.3, 0.4) is 0 Å². The van der Waals surface area contributed by atoms with Crippen LogP contribution in [0, 0.1) is 5.92 Å². The zero-order valence-corrected chi connectivity index (χ0v) is 15.7. The van der Waals surface area contributed by atoms with E-state index < -0.39 is 0 Å². The van der Waals surface area contributed by atoms with Gasteiger partial charge in [-0.3, -0.25) is 10.2 Å². The maximum Gasteiger partial charge on any atom is 0.258 e. The molecular formula is C19H30N3O3+. The van der Waals surface area contributed by atoms with Gasteiger partial charge in [0.15, 0.2) is 11.5 Å². The van der Waals surface area contributed by atoms with E-state index in [9.17, 15) is 4.79 Å². The Hall–Kier alpha value is -2.05. The molecule has 2 rings (SSSR count). The molecule has 1 heterocycles. The summed E-state index contributed by atoms with van der Waals surface area (Å²) in [5, 5.41) is 1.98. The fraction of sp³-hybridized carbons (Fsp3) is 0.526. The Balaban J connectivity index is 1.92. The fourth-order valence-corrected chi connectivity index (χ4v) is 2.53. The van der Waals surface area contributed by atoms with Crippen molar-refractivity contribution in [2.24, 2.45) is 5.92 Å². The van der Waals surface area contributed by atoms with Crippen LogP contribution in [0.4, 0.5) is 0 Å². The van der Waals surface area contributed by atoms with Gasteiger partial charge >= 0.3 is 0 Å². The zero-order chi connectivity index (χ0) is 18.2. The van der Waals surface area contributed by atoms with Gasteiger partial charge in [-0.1, -0.05) is 19.9 Å². The van der Waals surface area contributed by atoms with Gasteiger partial charge in [0.2, 0.25) is 0 Å². The molecule has 0 bridgehead atoms. The molecule has 0 radical (unpaired) electrons. The predicted molar refractivity (Wildman–Crippen MR) is 98.7 cm³/mol. The van der Waals surface area contributed by atoms with Gasteiger partial charge in [-0.05, 0) is 29.7 Å². The van der Waals surface area contributed by atoms with Crippen molar-refractivity contribution in [3.8, 4) is 11.5 Å². The molecule has 1 aromatic carbocycles. The minimum Gasteiger partial charge on any atom is -0.493 e. The number of amides is 1. The Morgan fingerprint density at radius 2 is 2.04 bits per heavy atom. The fourth-order valence-electron chi connectivity index (χ4n) is 2.53. The Kier molecular flexibility index (Phi) is 7.28. The first-order chi connectivity index (χ1) is 12.0. The molecule has 1 aliphatic heterocycles. The molecule has 2 N–H and O–H groups in total. The van der Waals surface area contributed by atoms with Crippen LogP contribution in [-0.4, -0.2) is 57.9 Å². The predicted octanol–water partition coefficient (Wildman–Crippen LogP) is 0.605. The normalized spacial score (nSPS) is 16.4. The van der Waals surface area contributed by atoms with Crippen molar-refractivity contribution in [2.45, 2.75) is 13.8 Å². The number of carbonyl (C=O) groups excluding carboxylic acids is 1. The summed E-state index contributed by atoms with van der Waals surface area (Å²) in [6.07, 6.45) is 3.33. The summed E-state index contributed by atoms with van der Waals surface area (Å²) in [5.41, 5.74) is 3.82. The summed E-state index contributed by atoms with van der Waals surface area (Å²) in [6.45, 7) is 8.68. The standard InChI is InChI=1S/C19H29N3O3/c1-15(2)14-25-17-7-5-16(13-18(17)24-4)6-8-19(23)20-22-11-9-21(3)10-12-22/h5-8,13,15H,9-12,14H2,1-4H3,(H,20,23)/p+1/b8-6+. The van der Waals surface area contributed by atoms with Crippen LogP contribution in [0.15, 0.2) is 24.3 Å². The molecule has 0 unspecified atom stereocenters. The van der Waals surface area contributed by atoms with E-state index in [1.54, 1.807) is 19.3 Å². The van der Waals surface area contributed by atoms with Gasteiger partial charge in [-0.25, -0.2) is 5.01 Å². The molecule has 0 atom stereocenters. The van der Waals surface area contributed by atoms with Gasteiger partial charge in [0, 0.05) is 6.08 Å². The van der Waals surface area contributed by atoms with E-state index in [1.807, 2.05) is 23.2 Å². The number of hydrogen-bond acceptors (Lipinski definition) is 4. The highest BCUT2D eigenvalue weighted by Crippen LogP contribution is 2.28. The number of nitrogens with one attached hydrogen (secondary N) is 2.